The van der Waals surface area contributed by atoms with Gasteiger partial charge in [-0.2, -0.15) is 13.2 Å². The largest absolute Gasteiger partial charge is 0.471 e. The molecule has 0 heterocycles. The highest BCUT2D eigenvalue weighted by molar-refractivity contribution is 5.82. The van der Waals surface area contributed by atoms with Crippen LogP contribution in [-0.4, -0.2) is 18.1 Å². The molecule has 2 nitrogen and oxygen atoms in total. The van der Waals surface area contributed by atoms with Crippen molar-refractivity contribution in [3.63, 3.8) is 0 Å². The summed E-state index contributed by atoms with van der Waals surface area (Å²) in [5.41, 5.74) is -0.166. The second-order valence-electron chi connectivity index (χ2n) is 3.72. The van der Waals surface area contributed by atoms with Crippen LogP contribution in [0.15, 0.2) is 0 Å². The molecule has 1 aliphatic carbocycles. The molecule has 70 valence electrons. The van der Waals surface area contributed by atoms with Gasteiger partial charge < -0.3 is 5.32 Å². The normalized spacial score (nSPS) is 26.6. The van der Waals surface area contributed by atoms with E-state index in [4.69, 9.17) is 0 Å². The quantitative estimate of drug-likeness (QED) is 0.652. The molecule has 0 aromatic carbocycles. The van der Waals surface area contributed by atoms with E-state index in [-0.39, 0.29) is 11.5 Å². The van der Waals surface area contributed by atoms with Gasteiger partial charge in [-0.25, -0.2) is 0 Å². The zero-order chi connectivity index (χ0) is 9.57. The van der Waals surface area contributed by atoms with Crippen LogP contribution in [0.3, 0.4) is 0 Å². The van der Waals surface area contributed by atoms with Crippen molar-refractivity contribution in [2.24, 2.45) is 5.41 Å². The minimum atomic E-state index is -4.75. The van der Waals surface area contributed by atoms with Crippen LogP contribution in [0.1, 0.15) is 20.3 Å². The van der Waals surface area contributed by atoms with Gasteiger partial charge in [0.25, 0.3) is 0 Å². The number of rotatable bonds is 1. The maximum atomic E-state index is 11.7. The monoisotopic (exact) mass is 181 g/mol. The average Bonchev–Trinajstić information content (AvgIpc) is 2.36. The number of carbonyl (C=O) groups is 1. The van der Waals surface area contributed by atoms with Gasteiger partial charge in [0.2, 0.25) is 0 Å². The summed E-state index contributed by atoms with van der Waals surface area (Å²) in [5.74, 6) is -1.84. The van der Waals surface area contributed by atoms with Crippen LogP contribution in [0.25, 0.3) is 0 Å². The molecule has 1 aliphatic rings. The summed E-state index contributed by atoms with van der Waals surface area (Å²) in [6.45, 7) is 3.63. The van der Waals surface area contributed by atoms with Gasteiger partial charge in [-0.05, 0) is 11.8 Å². The van der Waals surface area contributed by atoms with Crippen molar-refractivity contribution < 1.29 is 18.0 Å². The number of hydrogen-bond donors (Lipinski definition) is 1. The molecule has 1 atom stereocenters. The lowest BCUT2D eigenvalue weighted by atomic mass is 10.2. The predicted octanol–water partition coefficient (Wildman–Crippen LogP) is 1.46. The van der Waals surface area contributed by atoms with Gasteiger partial charge in [0, 0.05) is 6.04 Å². The Bertz CT molecular complexity index is 209. The molecule has 1 unspecified atom stereocenters. The fourth-order valence-corrected chi connectivity index (χ4v) is 0.954. The summed E-state index contributed by atoms with van der Waals surface area (Å²) in [5, 5.41) is 1.92. The van der Waals surface area contributed by atoms with Crippen molar-refractivity contribution in [3.05, 3.63) is 0 Å². The van der Waals surface area contributed by atoms with E-state index in [2.05, 4.69) is 0 Å². The maximum absolute atomic E-state index is 11.7. The summed E-state index contributed by atoms with van der Waals surface area (Å²) in [6, 6.07) is -0.313. The third kappa shape index (κ3) is 1.89. The Balaban J connectivity index is 2.40. The van der Waals surface area contributed by atoms with E-state index < -0.39 is 12.1 Å². The molecule has 1 rings (SSSR count). The van der Waals surface area contributed by atoms with Gasteiger partial charge in [0.05, 0.1) is 0 Å². The van der Waals surface area contributed by atoms with Crippen molar-refractivity contribution in [2.75, 3.05) is 0 Å². The van der Waals surface area contributed by atoms with Crippen LogP contribution in [0.4, 0.5) is 13.2 Å². The number of carbonyl (C=O) groups excluding carboxylic acids is 1. The van der Waals surface area contributed by atoms with Crippen molar-refractivity contribution in [3.8, 4) is 0 Å². The summed E-state index contributed by atoms with van der Waals surface area (Å²) < 4.78 is 35.0. The Morgan fingerprint density at radius 1 is 1.50 bits per heavy atom. The summed E-state index contributed by atoms with van der Waals surface area (Å²) >= 11 is 0. The zero-order valence-corrected chi connectivity index (χ0v) is 6.83. The first-order valence-corrected chi connectivity index (χ1v) is 3.61. The first-order valence-electron chi connectivity index (χ1n) is 3.61. The number of amides is 1. The van der Waals surface area contributed by atoms with Gasteiger partial charge in [-0.1, -0.05) is 13.8 Å². The number of nitrogens with one attached hydrogen (secondary N) is 1. The molecule has 5 heteroatoms. The van der Waals surface area contributed by atoms with Gasteiger partial charge in [-0.15, -0.1) is 0 Å². The van der Waals surface area contributed by atoms with E-state index in [0.29, 0.717) is 6.42 Å². The van der Waals surface area contributed by atoms with Crippen LogP contribution >= 0.6 is 0 Å². The first kappa shape index (κ1) is 9.35. The second kappa shape index (κ2) is 2.37. The molecule has 1 saturated carbocycles. The van der Waals surface area contributed by atoms with E-state index in [1.807, 2.05) is 19.2 Å². The summed E-state index contributed by atoms with van der Waals surface area (Å²) in [7, 11) is 0. The van der Waals surface area contributed by atoms with Gasteiger partial charge in [0.1, 0.15) is 0 Å². The van der Waals surface area contributed by atoms with E-state index in [9.17, 15) is 18.0 Å². The lowest BCUT2D eigenvalue weighted by molar-refractivity contribution is -0.173. The first-order chi connectivity index (χ1) is 5.23. The third-order valence-corrected chi connectivity index (χ3v) is 2.08. The molecular weight excluding hydrogens is 171 g/mol. The standard InChI is InChI=1S/C7H10F3NO/c1-6(2)3-4(6)11-5(12)7(8,9)10/h4H,3H2,1-2H3,(H,11,12). The minimum Gasteiger partial charge on any atom is -0.345 e. The van der Waals surface area contributed by atoms with Crippen LogP contribution in [-0.2, 0) is 4.79 Å². The highest BCUT2D eigenvalue weighted by Gasteiger charge is 2.50. The molecule has 0 spiro atoms. The highest BCUT2D eigenvalue weighted by Crippen LogP contribution is 2.44. The van der Waals surface area contributed by atoms with E-state index in [1.54, 1.807) is 0 Å². The van der Waals surface area contributed by atoms with Gasteiger partial charge >= 0.3 is 12.1 Å². The summed E-state index contributed by atoms with van der Waals surface area (Å²) in [4.78, 5) is 10.4. The maximum Gasteiger partial charge on any atom is 0.471 e. The van der Waals surface area contributed by atoms with Crippen molar-refractivity contribution in [2.45, 2.75) is 32.5 Å². The molecule has 1 fully saturated rings. The average molecular weight is 181 g/mol. The SMILES string of the molecule is CC1(C)CC1NC(=O)C(F)(F)F. The van der Waals surface area contributed by atoms with Gasteiger partial charge in [0.15, 0.2) is 0 Å². The Hall–Kier alpha value is -0.740. The van der Waals surface area contributed by atoms with Crippen molar-refractivity contribution >= 4 is 5.91 Å². The fourth-order valence-electron chi connectivity index (χ4n) is 0.954. The lowest BCUT2D eigenvalue weighted by Gasteiger charge is -2.08. The molecule has 0 aromatic rings. The molecule has 1 N–H and O–H groups in total. The van der Waals surface area contributed by atoms with Crippen LogP contribution in [0, 0.1) is 5.41 Å². The van der Waals surface area contributed by atoms with Crippen molar-refractivity contribution in [1.29, 1.82) is 0 Å². The van der Waals surface area contributed by atoms with E-state index >= 15 is 0 Å². The lowest BCUT2D eigenvalue weighted by Crippen LogP contribution is -2.39. The Morgan fingerprint density at radius 3 is 2.17 bits per heavy atom. The molecule has 0 saturated heterocycles. The Morgan fingerprint density at radius 2 is 1.92 bits per heavy atom. The number of halogens is 3. The fraction of sp³-hybridized carbons (Fsp3) is 0.857. The minimum absolute atomic E-state index is 0.166. The Kier molecular flexibility index (Phi) is 1.85. The highest BCUT2D eigenvalue weighted by atomic mass is 19.4. The molecule has 0 aromatic heterocycles. The van der Waals surface area contributed by atoms with Gasteiger partial charge in [-0.3, -0.25) is 4.79 Å². The molecule has 12 heavy (non-hydrogen) atoms. The second-order valence-corrected chi connectivity index (χ2v) is 3.72. The molecule has 0 radical (unpaired) electrons. The number of hydrogen-bond acceptors (Lipinski definition) is 1. The predicted molar refractivity (Wildman–Crippen MR) is 36.4 cm³/mol. The molecule has 0 bridgehead atoms. The Labute approximate surface area is 68.1 Å². The smallest absolute Gasteiger partial charge is 0.345 e. The topological polar surface area (TPSA) is 29.1 Å². The summed E-state index contributed by atoms with van der Waals surface area (Å²) in [6.07, 6.45) is -4.13. The van der Waals surface area contributed by atoms with Crippen molar-refractivity contribution in [1.82, 2.24) is 5.32 Å². The van der Waals surface area contributed by atoms with Crippen LogP contribution in [0.5, 0.6) is 0 Å². The van der Waals surface area contributed by atoms with Crippen LogP contribution in [0.2, 0.25) is 0 Å². The molecule has 1 amide bonds. The van der Waals surface area contributed by atoms with E-state index in [1.165, 1.54) is 0 Å². The number of alkyl halides is 3. The van der Waals surface area contributed by atoms with Crippen LogP contribution < -0.4 is 5.32 Å². The zero-order valence-electron chi connectivity index (χ0n) is 6.83. The molecule has 0 aliphatic heterocycles. The van der Waals surface area contributed by atoms with E-state index in [0.717, 1.165) is 0 Å². The third-order valence-electron chi connectivity index (χ3n) is 2.08. The molecular formula is C7H10F3NO.